The van der Waals surface area contributed by atoms with Crippen LogP contribution in [0.3, 0.4) is 0 Å². The molecule has 0 amide bonds. The van der Waals surface area contributed by atoms with Gasteiger partial charge in [-0.2, -0.15) is 11.8 Å². The van der Waals surface area contributed by atoms with Crippen molar-refractivity contribution in [3.8, 4) is 0 Å². The Morgan fingerprint density at radius 2 is 2.08 bits per heavy atom. The van der Waals surface area contributed by atoms with Crippen LogP contribution in [-0.2, 0) is 9.47 Å². The number of imidazole rings is 1. The van der Waals surface area contributed by atoms with E-state index in [0.717, 1.165) is 24.3 Å². The summed E-state index contributed by atoms with van der Waals surface area (Å²) in [4.78, 5) is 13.1. The third-order valence-corrected chi connectivity index (χ3v) is 5.91. The van der Waals surface area contributed by atoms with E-state index in [2.05, 4.69) is 20.3 Å². The Hall–Kier alpha value is -1.46. The Morgan fingerprint density at radius 3 is 2.85 bits per heavy atom. The van der Waals surface area contributed by atoms with E-state index >= 15 is 0 Å². The van der Waals surface area contributed by atoms with Gasteiger partial charge in [-0.1, -0.05) is 0 Å². The lowest BCUT2D eigenvalue weighted by Gasteiger charge is -2.23. The van der Waals surface area contributed by atoms with Gasteiger partial charge >= 0.3 is 0 Å². The van der Waals surface area contributed by atoms with Gasteiger partial charge in [0.15, 0.2) is 23.2 Å². The minimum atomic E-state index is -1.09. The van der Waals surface area contributed by atoms with E-state index in [1.54, 1.807) is 10.9 Å². The number of aliphatic hydroxyl groups excluding tert-OH is 2. The molecule has 0 bridgehead atoms. The summed E-state index contributed by atoms with van der Waals surface area (Å²) in [6, 6.07) is 0.376. The molecule has 4 heterocycles. The number of aliphatic hydroxyl groups is 2. The Morgan fingerprint density at radius 1 is 1.27 bits per heavy atom. The number of methoxy groups -OCH3 is 1. The number of hydrogen-bond acceptors (Lipinski definition) is 9. The zero-order valence-electron chi connectivity index (χ0n) is 14.5. The van der Waals surface area contributed by atoms with Gasteiger partial charge in [0.05, 0.1) is 12.9 Å². The number of aromatic nitrogens is 4. The summed E-state index contributed by atoms with van der Waals surface area (Å²) >= 11 is 1.97. The second-order valence-electron chi connectivity index (χ2n) is 6.58. The fourth-order valence-corrected chi connectivity index (χ4v) is 4.55. The smallest absolute Gasteiger partial charge is 0.167 e. The third kappa shape index (κ3) is 3.27. The average molecular weight is 381 g/mol. The number of hydrogen-bond donors (Lipinski definition) is 3. The quantitative estimate of drug-likeness (QED) is 0.677. The fourth-order valence-electron chi connectivity index (χ4n) is 3.44. The molecule has 9 nitrogen and oxygen atoms in total. The highest BCUT2D eigenvalue weighted by molar-refractivity contribution is 7.99. The van der Waals surface area contributed by atoms with Crippen molar-refractivity contribution >= 4 is 28.7 Å². The number of nitrogens with zero attached hydrogens (tertiary/aromatic N) is 4. The molecule has 0 aliphatic carbocycles. The molecule has 2 aromatic heterocycles. The molecule has 0 spiro atoms. The van der Waals surface area contributed by atoms with E-state index in [9.17, 15) is 10.2 Å². The number of anilines is 1. The molecular weight excluding hydrogens is 358 g/mol. The van der Waals surface area contributed by atoms with Crippen molar-refractivity contribution in [2.45, 2.75) is 43.4 Å². The van der Waals surface area contributed by atoms with E-state index in [1.807, 2.05) is 11.8 Å². The van der Waals surface area contributed by atoms with Crippen molar-refractivity contribution in [3.05, 3.63) is 12.7 Å². The maximum atomic E-state index is 10.4. The molecule has 4 atom stereocenters. The van der Waals surface area contributed by atoms with Crippen LogP contribution in [0.1, 0.15) is 19.1 Å². The maximum Gasteiger partial charge on any atom is 0.167 e. The molecule has 0 radical (unpaired) electrons. The van der Waals surface area contributed by atoms with Gasteiger partial charge in [0.25, 0.3) is 0 Å². The highest BCUT2D eigenvalue weighted by atomic mass is 32.2. The van der Waals surface area contributed by atoms with E-state index < -0.39 is 24.5 Å². The largest absolute Gasteiger partial charge is 0.387 e. The lowest BCUT2D eigenvalue weighted by Crippen LogP contribution is -2.33. The monoisotopic (exact) mass is 381 g/mol. The van der Waals surface area contributed by atoms with Gasteiger partial charge in [-0.3, -0.25) is 4.57 Å². The van der Waals surface area contributed by atoms with Gasteiger partial charge in [0.1, 0.15) is 24.6 Å². The van der Waals surface area contributed by atoms with E-state index in [4.69, 9.17) is 9.47 Å². The molecule has 10 heteroatoms. The Labute approximate surface area is 155 Å². The SMILES string of the molecule is COC[C@H]1O[C@@H](n2cnc3c(NC4CCSCC4)ncnc32)[C@H](O)[C@@H]1O. The summed E-state index contributed by atoms with van der Waals surface area (Å²) < 4.78 is 12.5. The zero-order chi connectivity index (χ0) is 18.1. The average Bonchev–Trinajstić information content (AvgIpc) is 3.20. The number of ether oxygens (including phenoxy) is 2. The summed E-state index contributed by atoms with van der Waals surface area (Å²) in [6.45, 7) is 0.197. The van der Waals surface area contributed by atoms with Crippen LogP contribution in [0.4, 0.5) is 5.82 Å². The molecule has 142 valence electrons. The first-order valence-corrected chi connectivity index (χ1v) is 9.87. The minimum absolute atomic E-state index is 0.197. The number of nitrogens with one attached hydrogen (secondary N) is 1. The van der Waals surface area contributed by atoms with Crippen molar-refractivity contribution < 1.29 is 19.7 Å². The molecule has 2 fully saturated rings. The molecule has 0 aromatic carbocycles. The van der Waals surface area contributed by atoms with Gasteiger partial charge in [-0.25, -0.2) is 15.0 Å². The Bertz CT molecular complexity index is 753. The number of fused-ring (bicyclic) bond motifs is 1. The summed E-state index contributed by atoms with van der Waals surface area (Å²) in [5.74, 6) is 2.97. The topological polar surface area (TPSA) is 115 Å². The standard InChI is InChI=1S/C16H23N5O4S/c1-24-6-10-12(22)13(23)16(25-10)21-8-19-11-14(17-7-18-15(11)21)20-9-2-4-26-5-3-9/h7-10,12-13,16,22-23H,2-6H2,1H3,(H,17,18,20)/t10-,12-,13-,16-/m1/s1. The summed E-state index contributed by atoms with van der Waals surface area (Å²) in [7, 11) is 1.53. The molecule has 4 rings (SSSR count). The first-order chi connectivity index (χ1) is 12.7. The lowest BCUT2D eigenvalue weighted by molar-refractivity contribution is -0.0580. The van der Waals surface area contributed by atoms with Crippen molar-refractivity contribution in [3.63, 3.8) is 0 Å². The van der Waals surface area contributed by atoms with Crippen LogP contribution in [0, 0.1) is 0 Å². The summed E-state index contributed by atoms with van der Waals surface area (Å²) in [5, 5.41) is 24.0. The van der Waals surface area contributed by atoms with Crippen molar-refractivity contribution in [2.24, 2.45) is 0 Å². The summed E-state index contributed by atoms with van der Waals surface area (Å²) in [5.41, 5.74) is 1.19. The van der Waals surface area contributed by atoms with Gasteiger partial charge in [0, 0.05) is 13.2 Å². The molecule has 3 N–H and O–H groups in total. The fraction of sp³-hybridized carbons (Fsp3) is 0.688. The van der Waals surface area contributed by atoms with Crippen LogP contribution in [0.25, 0.3) is 11.2 Å². The predicted octanol–water partition coefficient (Wildman–Crippen LogP) is 0.399. The third-order valence-electron chi connectivity index (χ3n) is 4.86. The second-order valence-corrected chi connectivity index (χ2v) is 7.80. The van der Waals surface area contributed by atoms with Crippen LogP contribution in [0.5, 0.6) is 0 Å². The van der Waals surface area contributed by atoms with Crippen LogP contribution in [0.2, 0.25) is 0 Å². The van der Waals surface area contributed by atoms with Crippen LogP contribution in [-0.4, -0.2) is 79.3 Å². The summed E-state index contributed by atoms with van der Waals surface area (Å²) in [6.07, 6.45) is 1.73. The van der Waals surface area contributed by atoms with Crippen molar-refractivity contribution in [1.29, 1.82) is 0 Å². The predicted molar refractivity (Wildman–Crippen MR) is 97.1 cm³/mol. The van der Waals surface area contributed by atoms with E-state index in [1.165, 1.54) is 13.4 Å². The first-order valence-electron chi connectivity index (χ1n) is 8.71. The molecular formula is C16H23N5O4S. The van der Waals surface area contributed by atoms with Gasteiger partial charge in [-0.15, -0.1) is 0 Å². The van der Waals surface area contributed by atoms with Crippen LogP contribution >= 0.6 is 11.8 Å². The number of rotatable bonds is 5. The maximum absolute atomic E-state index is 10.4. The zero-order valence-corrected chi connectivity index (χ0v) is 15.3. The normalized spacial score (nSPS) is 30.1. The van der Waals surface area contributed by atoms with Crippen molar-refractivity contribution in [1.82, 2.24) is 19.5 Å². The van der Waals surface area contributed by atoms with Gasteiger partial charge < -0.3 is 25.0 Å². The molecule has 0 saturated carbocycles. The van der Waals surface area contributed by atoms with E-state index in [0.29, 0.717) is 23.0 Å². The molecule has 2 aromatic rings. The van der Waals surface area contributed by atoms with Gasteiger partial charge in [-0.05, 0) is 24.3 Å². The van der Waals surface area contributed by atoms with Crippen LogP contribution in [0.15, 0.2) is 12.7 Å². The highest BCUT2D eigenvalue weighted by Crippen LogP contribution is 2.32. The molecule has 2 aliphatic heterocycles. The lowest BCUT2D eigenvalue weighted by atomic mass is 10.1. The molecule has 2 saturated heterocycles. The Kier molecular flexibility index (Phi) is 5.28. The molecule has 2 aliphatic rings. The van der Waals surface area contributed by atoms with Crippen molar-refractivity contribution in [2.75, 3.05) is 30.5 Å². The minimum Gasteiger partial charge on any atom is -0.387 e. The molecule has 0 unspecified atom stereocenters. The second kappa shape index (κ2) is 7.65. The highest BCUT2D eigenvalue weighted by Gasteiger charge is 2.44. The number of thioether (sulfide) groups is 1. The van der Waals surface area contributed by atoms with Gasteiger partial charge in [0.2, 0.25) is 0 Å². The van der Waals surface area contributed by atoms with Crippen LogP contribution < -0.4 is 5.32 Å². The first kappa shape index (κ1) is 17.9. The Balaban J connectivity index is 1.60. The molecule has 26 heavy (non-hydrogen) atoms. The van der Waals surface area contributed by atoms with E-state index in [-0.39, 0.29) is 6.61 Å².